The maximum Gasteiger partial charge on any atom is 0.132 e. The summed E-state index contributed by atoms with van der Waals surface area (Å²) in [5, 5.41) is 9.77. The van der Waals surface area contributed by atoms with Gasteiger partial charge in [-0.3, -0.25) is 0 Å². The van der Waals surface area contributed by atoms with Gasteiger partial charge < -0.3 is 9.84 Å². The van der Waals surface area contributed by atoms with Crippen molar-refractivity contribution in [3.05, 3.63) is 65.7 Å². The third kappa shape index (κ3) is 3.05. The van der Waals surface area contributed by atoms with Crippen LogP contribution in [0.2, 0.25) is 0 Å². The molecule has 2 aromatic carbocycles. The number of aliphatic hydroxyl groups excluding tert-OH is 1. The molecule has 0 bridgehead atoms. The van der Waals surface area contributed by atoms with E-state index in [9.17, 15) is 13.9 Å². The van der Waals surface area contributed by atoms with Crippen molar-refractivity contribution in [2.75, 3.05) is 6.61 Å². The zero-order valence-electron chi connectivity index (χ0n) is 9.51. The van der Waals surface area contributed by atoms with Gasteiger partial charge in [-0.25, -0.2) is 8.78 Å². The Morgan fingerprint density at radius 3 is 2.44 bits per heavy atom. The van der Waals surface area contributed by atoms with Crippen molar-refractivity contribution in [3.63, 3.8) is 0 Å². The summed E-state index contributed by atoms with van der Waals surface area (Å²) in [5.74, 6) is -0.870. The first-order valence-corrected chi connectivity index (χ1v) is 5.47. The van der Waals surface area contributed by atoms with Gasteiger partial charge >= 0.3 is 0 Å². The standard InChI is InChI=1S/C14H12F2O2/c15-10-6-7-12(13(16)8-10)14(17)9-18-11-4-2-1-3-5-11/h1-8,14,17H,9H2/t14-/m1/s1. The predicted molar refractivity (Wildman–Crippen MR) is 63.3 cm³/mol. The summed E-state index contributed by atoms with van der Waals surface area (Å²) < 4.78 is 31.4. The molecule has 18 heavy (non-hydrogen) atoms. The molecule has 2 nitrogen and oxygen atoms in total. The lowest BCUT2D eigenvalue weighted by Crippen LogP contribution is -2.11. The number of hydrogen-bond donors (Lipinski definition) is 1. The van der Waals surface area contributed by atoms with E-state index in [4.69, 9.17) is 4.74 Å². The zero-order chi connectivity index (χ0) is 13.0. The predicted octanol–water partition coefficient (Wildman–Crippen LogP) is 3.08. The van der Waals surface area contributed by atoms with Crippen LogP contribution in [0.3, 0.4) is 0 Å². The molecule has 94 valence electrons. The second kappa shape index (κ2) is 5.60. The largest absolute Gasteiger partial charge is 0.491 e. The van der Waals surface area contributed by atoms with E-state index in [0.717, 1.165) is 12.1 Å². The van der Waals surface area contributed by atoms with Crippen molar-refractivity contribution >= 4 is 0 Å². The molecule has 0 aromatic heterocycles. The summed E-state index contributed by atoms with van der Waals surface area (Å²) >= 11 is 0. The van der Waals surface area contributed by atoms with Gasteiger partial charge in [-0.2, -0.15) is 0 Å². The SMILES string of the molecule is O[C@H](COc1ccccc1)c1ccc(F)cc1F. The van der Waals surface area contributed by atoms with Gasteiger partial charge in [0.05, 0.1) is 0 Å². The lowest BCUT2D eigenvalue weighted by atomic mass is 10.1. The minimum atomic E-state index is -1.13. The normalized spacial score (nSPS) is 12.2. The highest BCUT2D eigenvalue weighted by Gasteiger charge is 2.14. The van der Waals surface area contributed by atoms with Crippen LogP contribution in [0.15, 0.2) is 48.5 Å². The molecule has 0 saturated carbocycles. The Morgan fingerprint density at radius 1 is 1.06 bits per heavy atom. The Balaban J connectivity index is 2.01. The van der Waals surface area contributed by atoms with Crippen LogP contribution in [-0.2, 0) is 0 Å². The maximum absolute atomic E-state index is 13.4. The van der Waals surface area contributed by atoms with Crippen LogP contribution in [-0.4, -0.2) is 11.7 Å². The highest BCUT2D eigenvalue weighted by Crippen LogP contribution is 2.19. The number of para-hydroxylation sites is 1. The van der Waals surface area contributed by atoms with Gasteiger partial charge in [-0.1, -0.05) is 24.3 Å². The van der Waals surface area contributed by atoms with Gasteiger partial charge in [0.25, 0.3) is 0 Å². The molecular formula is C14H12F2O2. The molecule has 4 heteroatoms. The number of ether oxygens (including phenoxy) is 1. The molecule has 0 spiro atoms. The minimum absolute atomic E-state index is 0.0207. The fraction of sp³-hybridized carbons (Fsp3) is 0.143. The first-order chi connectivity index (χ1) is 8.66. The average Bonchev–Trinajstić information content (AvgIpc) is 2.37. The van der Waals surface area contributed by atoms with Gasteiger partial charge in [-0.15, -0.1) is 0 Å². The molecule has 1 atom stereocenters. The third-order valence-electron chi connectivity index (χ3n) is 2.47. The quantitative estimate of drug-likeness (QED) is 0.903. The van der Waals surface area contributed by atoms with Crippen molar-refractivity contribution in [3.8, 4) is 5.75 Å². The Morgan fingerprint density at radius 2 is 1.78 bits per heavy atom. The van der Waals surface area contributed by atoms with Crippen molar-refractivity contribution in [1.82, 2.24) is 0 Å². The Kier molecular flexibility index (Phi) is 3.89. The molecule has 0 heterocycles. The molecule has 2 aromatic rings. The lowest BCUT2D eigenvalue weighted by molar-refractivity contribution is 0.105. The van der Waals surface area contributed by atoms with E-state index in [2.05, 4.69) is 0 Å². The van der Waals surface area contributed by atoms with Crippen LogP contribution >= 0.6 is 0 Å². The molecule has 0 amide bonds. The summed E-state index contributed by atoms with van der Waals surface area (Å²) in [6, 6.07) is 11.9. The molecule has 0 aliphatic rings. The molecule has 0 saturated heterocycles. The Labute approximate surface area is 103 Å². The number of rotatable bonds is 4. The maximum atomic E-state index is 13.4. The van der Waals surface area contributed by atoms with E-state index in [0.29, 0.717) is 5.75 Å². The van der Waals surface area contributed by atoms with E-state index in [-0.39, 0.29) is 12.2 Å². The van der Waals surface area contributed by atoms with Gasteiger partial charge in [0, 0.05) is 11.6 Å². The van der Waals surface area contributed by atoms with Crippen LogP contribution in [0.25, 0.3) is 0 Å². The fourth-order valence-electron chi connectivity index (χ4n) is 1.55. The van der Waals surface area contributed by atoms with Crippen molar-refractivity contribution in [2.24, 2.45) is 0 Å². The van der Waals surface area contributed by atoms with E-state index >= 15 is 0 Å². The molecule has 0 fully saturated rings. The smallest absolute Gasteiger partial charge is 0.132 e. The zero-order valence-corrected chi connectivity index (χ0v) is 9.51. The summed E-state index contributed by atoms with van der Waals surface area (Å²) in [6.45, 7) is -0.0907. The van der Waals surface area contributed by atoms with E-state index in [1.807, 2.05) is 6.07 Å². The highest BCUT2D eigenvalue weighted by atomic mass is 19.1. The van der Waals surface area contributed by atoms with Crippen LogP contribution in [0, 0.1) is 11.6 Å². The van der Waals surface area contributed by atoms with Gasteiger partial charge in [-0.05, 0) is 18.2 Å². The monoisotopic (exact) mass is 250 g/mol. The van der Waals surface area contributed by atoms with Gasteiger partial charge in [0.15, 0.2) is 0 Å². The van der Waals surface area contributed by atoms with E-state index in [1.165, 1.54) is 6.07 Å². The molecule has 0 unspecified atom stereocenters. The topological polar surface area (TPSA) is 29.5 Å². The second-order valence-corrected chi connectivity index (χ2v) is 3.81. The highest BCUT2D eigenvalue weighted by molar-refractivity contribution is 5.23. The first kappa shape index (κ1) is 12.5. The van der Waals surface area contributed by atoms with Gasteiger partial charge in [0.2, 0.25) is 0 Å². The van der Waals surface area contributed by atoms with E-state index in [1.54, 1.807) is 24.3 Å². The second-order valence-electron chi connectivity index (χ2n) is 3.81. The Bertz CT molecular complexity index is 514. The number of hydrogen-bond acceptors (Lipinski definition) is 2. The molecular weight excluding hydrogens is 238 g/mol. The summed E-state index contributed by atoms with van der Waals surface area (Å²) in [6.07, 6.45) is -1.13. The third-order valence-corrected chi connectivity index (χ3v) is 2.47. The average molecular weight is 250 g/mol. The lowest BCUT2D eigenvalue weighted by Gasteiger charge is -2.13. The van der Waals surface area contributed by atoms with Crippen LogP contribution in [0.4, 0.5) is 8.78 Å². The van der Waals surface area contributed by atoms with E-state index < -0.39 is 17.7 Å². The summed E-state index contributed by atoms with van der Waals surface area (Å²) in [5.41, 5.74) is 0.0207. The van der Waals surface area contributed by atoms with Crippen LogP contribution in [0.5, 0.6) is 5.75 Å². The minimum Gasteiger partial charge on any atom is -0.491 e. The summed E-state index contributed by atoms with van der Waals surface area (Å²) in [7, 11) is 0. The van der Waals surface area contributed by atoms with Gasteiger partial charge in [0.1, 0.15) is 30.1 Å². The molecule has 2 rings (SSSR count). The van der Waals surface area contributed by atoms with Crippen molar-refractivity contribution in [1.29, 1.82) is 0 Å². The molecule has 0 aliphatic carbocycles. The first-order valence-electron chi connectivity index (χ1n) is 5.47. The Hall–Kier alpha value is -1.94. The van der Waals surface area contributed by atoms with Crippen LogP contribution < -0.4 is 4.74 Å². The number of benzene rings is 2. The van der Waals surface area contributed by atoms with Crippen LogP contribution in [0.1, 0.15) is 11.7 Å². The number of aliphatic hydroxyl groups is 1. The fourth-order valence-corrected chi connectivity index (χ4v) is 1.55. The molecule has 1 N–H and O–H groups in total. The molecule has 0 radical (unpaired) electrons. The van der Waals surface area contributed by atoms with Crippen molar-refractivity contribution < 1.29 is 18.6 Å². The summed E-state index contributed by atoms with van der Waals surface area (Å²) in [4.78, 5) is 0. The number of halogens is 2. The molecule has 0 aliphatic heterocycles. The van der Waals surface area contributed by atoms with Crippen molar-refractivity contribution in [2.45, 2.75) is 6.10 Å².